The summed E-state index contributed by atoms with van der Waals surface area (Å²) < 4.78 is 13.3. The molecule has 0 bridgehead atoms. The Bertz CT molecular complexity index is 571. The van der Waals surface area contributed by atoms with Crippen LogP contribution < -0.4 is 11.1 Å². The van der Waals surface area contributed by atoms with Crippen molar-refractivity contribution < 1.29 is 9.18 Å². The Morgan fingerprint density at radius 2 is 2.05 bits per heavy atom. The molecule has 0 radical (unpaired) electrons. The Balaban J connectivity index is 1.88. The molecule has 0 spiro atoms. The van der Waals surface area contributed by atoms with Gasteiger partial charge < -0.3 is 11.1 Å². The molecule has 1 aromatic carbocycles. The van der Waals surface area contributed by atoms with Gasteiger partial charge in [0.05, 0.1) is 12.4 Å². The molecule has 0 saturated carbocycles. The van der Waals surface area contributed by atoms with Gasteiger partial charge >= 0.3 is 0 Å². The van der Waals surface area contributed by atoms with E-state index in [1.165, 1.54) is 18.5 Å². The predicted octanol–water partition coefficient (Wildman–Crippen LogP) is 1.17. The van der Waals surface area contributed by atoms with Gasteiger partial charge in [-0.1, -0.05) is 18.2 Å². The Morgan fingerprint density at radius 3 is 2.74 bits per heavy atom. The highest BCUT2D eigenvalue weighted by Gasteiger charge is 2.07. The van der Waals surface area contributed by atoms with Crippen molar-refractivity contribution in [2.24, 2.45) is 0 Å². The Kier molecular flexibility index (Phi) is 4.02. The molecule has 1 heterocycles. The van der Waals surface area contributed by atoms with Crippen molar-refractivity contribution >= 4 is 11.7 Å². The van der Waals surface area contributed by atoms with Crippen LogP contribution in [0.25, 0.3) is 0 Å². The van der Waals surface area contributed by atoms with Crippen LogP contribution in [0.3, 0.4) is 0 Å². The quantitative estimate of drug-likeness (QED) is 0.864. The Hall–Kier alpha value is -2.50. The molecule has 6 heteroatoms. The van der Waals surface area contributed by atoms with Gasteiger partial charge in [-0.2, -0.15) is 0 Å². The highest BCUT2D eigenvalue weighted by molar-refractivity contribution is 5.91. The van der Waals surface area contributed by atoms with E-state index in [9.17, 15) is 9.18 Å². The molecular formula is C13H13FN4O. The zero-order valence-corrected chi connectivity index (χ0v) is 10.1. The van der Waals surface area contributed by atoms with Crippen molar-refractivity contribution in [2.75, 3.05) is 12.3 Å². The van der Waals surface area contributed by atoms with Gasteiger partial charge in [0, 0.05) is 6.54 Å². The van der Waals surface area contributed by atoms with E-state index in [4.69, 9.17) is 5.73 Å². The van der Waals surface area contributed by atoms with Crippen LogP contribution in [0, 0.1) is 5.82 Å². The van der Waals surface area contributed by atoms with Crippen molar-refractivity contribution in [3.05, 3.63) is 53.7 Å². The molecule has 0 aliphatic rings. The Morgan fingerprint density at radius 1 is 1.26 bits per heavy atom. The number of hydrogen-bond acceptors (Lipinski definition) is 4. The van der Waals surface area contributed by atoms with E-state index in [2.05, 4.69) is 15.3 Å². The molecule has 2 rings (SSSR count). The molecule has 0 unspecified atom stereocenters. The van der Waals surface area contributed by atoms with Crippen molar-refractivity contribution in [3.8, 4) is 0 Å². The van der Waals surface area contributed by atoms with Gasteiger partial charge in [-0.15, -0.1) is 0 Å². The van der Waals surface area contributed by atoms with E-state index in [1.807, 2.05) is 0 Å². The number of benzene rings is 1. The lowest BCUT2D eigenvalue weighted by atomic mass is 10.1. The smallest absolute Gasteiger partial charge is 0.271 e. The number of aromatic nitrogens is 2. The number of carbonyl (C=O) groups is 1. The van der Waals surface area contributed by atoms with Gasteiger partial charge in [0.15, 0.2) is 0 Å². The zero-order valence-electron chi connectivity index (χ0n) is 10.1. The van der Waals surface area contributed by atoms with Crippen LogP contribution in [0.5, 0.6) is 0 Å². The van der Waals surface area contributed by atoms with Gasteiger partial charge in [-0.3, -0.25) is 4.79 Å². The average molecular weight is 260 g/mol. The maximum Gasteiger partial charge on any atom is 0.271 e. The third-order valence-electron chi connectivity index (χ3n) is 2.54. The van der Waals surface area contributed by atoms with Crippen molar-refractivity contribution in [2.45, 2.75) is 6.42 Å². The number of nitrogens with two attached hydrogens (primary N) is 1. The summed E-state index contributed by atoms with van der Waals surface area (Å²) in [5.74, 6) is -0.379. The molecule has 0 fully saturated rings. The van der Waals surface area contributed by atoms with E-state index >= 15 is 0 Å². The standard InChI is InChI=1S/C13H13FN4O/c14-10-4-2-1-3-9(10)5-6-16-13(19)11-7-18-12(15)8-17-11/h1-4,7-8H,5-6H2,(H2,15,18)(H,16,19). The maximum atomic E-state index is 13.3. The van der Waals surface area contributed by atoms with Crippen molar-refractivity contribution in [3.63, 3.8) is 0 Å². The second-order valence-corrected chi connectivity index (χ2v) is 3.92. The SMILES string of the molecule is Nc1cnc(C(=O)NCCc2ccccc2F)cn1. The summed E-state index contributed by atoms with van der Waals surface area (Å²) in [4.78, 5) is 19.3. The maximum absolute atomic E-state index is 13.3. The van der Waals surface area contributed by atoms with Gasteiger partial charge in [-0.25, -0.2) is 14.4 Å². The number of nitrogen functional groups attached to an aromatic ring is 1. The minimum atomic E-state index is -0.358. The molecular weight excluding hydrogens is 247 g/mol. The lowest BCUT2D eigenvalue weighted by Gasteiger charge is -2.05. The summed E-state index contributed by atoms with van der Waals surface area (Å²) in [6.45, 7) is 0.325. The summed E-state index contributed by atoms with van der Waals surface area (Å²) in [5, 5.41) is 2.65. The molecule has 0 aliphatic heterocycles. The molecule has 0 saturated heterocycles. The molecule has 2 aromatic rings. The molecule has 19 heavy (non-hydrogen) atoms. The van der Waals surface area contributed by atoms with E-state index in [0.29, 0.717) is 18.5 Å². The number of nitrogens with zero attached hydrogens (tertiary/aromatic N) is 2. The normalized spacial score (nSPS) is 10.2. The van der Waals surface area contributed by atoms with Crippen molar-refractivity contribution in [1.82, 2.24) is 15.3 Å². The van der Waals surface area contributed by atoms with E-state index in [1.54, 1.807) is 18.2 Å². The third kappa shape index (κ3) is 3.48. The van der Waals surface area contributed by atoms with Gasteiger partial charge in [0.25, 0.3) is 5.91 Å². The number of amides is 1. The van der Waals surface area contributed by atoms with Crippen LogP contribution in [0.4, 0.5) is 10.2 Å². The van der Waals surface area contributed by atoms with E-state index in [0.717, 1.165) is 0 Å². The monoisotopic (exact) mass is 260 g/mol. The molecule has 0 aliphatic carbocycles. The Labute approximate surface area is 109 Å². The fraction of sp³-hybridized carbons (Fsp3) is 0.154. The van der Waals surface area contributed by atoms with Gasteiger partial charge in [0.1, 0.15) is 17.3 Å². The summed E-state index contributed by atoms with van der Waals surface area (Å²) in [7, 11) is 0. The first-order chi connectivity index (χ1) is 9.16. The van der Waals surface area contributed by atoms with Gasteiger partial charge in [-0.05, 0) is 18.1 Å². The van der Waals surface area contributed by atoms with Crippen LogP contribution >= 0.6 is 0 Å². The molecule has 5 nitrogen and oxygen atoms in total. The molecule has 3 N–H and O–H groups in total. The highest BCUT2D eigenvalue weighted by Crippen LogP contribution is 2.06. The minimum Gasteiger partial charge on any atom is -0.382 e. The third-order valence-corrected chi connectivity index (χ3v) is 2.54. The van der Waals surface area contributed by atoms with Crippen LogP contribution in [-0.2, 0) is 6.42 Å². The van der Waals surface area contributed by atoms with E-state index < -0.39 is 0 Å². The lowest BCUT2D eigenvalue weighted by Crippen LogP contribution is -2.26. The first kappa shape index (κ1) is 12.9. The summed E-state index contributed by atoms with van der Waals surface area (Å²) >= 11 is 0. The predicted molar refractivity (Wildman–Crippen MR) is 68.9 cm³/mol. The molecule has 98 valence electrons. The summed E-state index contributed by atoms with van der Waals surface area (Å²) in [5.41, 5.74) is 6.12. The second kappa shape index (κ2) is 5.90. The number of carbonyl (C=O) groups excluding carboxylic acids is 1. The first-order valence-electron chi connectivity index (χ1n) is 5.76. The second-order valence-electron chi connectivity index (χ2n) is 3.92. The van der Waals surface area contributed by atoms with Crippen LogP contribution in [0.15, 0.2) is 36.7 Å². The fourth-order valence-corrected chi connectivity index (χ4v) is 1.56. The van der Waals surface area contributed by atoms with E-state index in [-0.39, 0.29) is 23.2 Å². The average Bonchev–Trinajstić information content (AvgIpc) is 2.41. The van der Waals surface area contributed by atoms with Crippen LogP contribution in [0.2, 0.25) is 0 Å². The number of halogens is 1. The number of rotatable bonds is 4. The summed E-state index contributed by atoms with van der Waals surface area (Å²) in [6, 6.07) is 6.46. The first-order valence-corrected chi connectivity index (χ1v) is 5.76. The largest absolute Gasteiger partial charge is 0.382 e. The number of nitrogens with one attached hydrogen (secondary N) is 1. The van der Waals surface area contributed by atoms with Gasteiger partial charge in [0.2, 0.25) is 0 Å². The fourth-order valence-electron chi connectivity index (χ4n) is 1.56. The number of hydrogen-bond donors (Lipinski definition) is 2. The molecule has 0 atom stereocenters. The zero-order chi connectivity index (χ0) is 13.7. The minimum absolute atomic E-state index is 0.183. The topological polar surface area (TPSA) is 80.9 Å². The van der Waals surface area contributed by atoms with Crippen LogP contribution in [-0.4, -0.2) is 22.4 Å². The van der Waals surface area contributed by atoms with Crippen LogP contribution in [0.1, 0.15) is 16.1 Å². The molecule has 1 amide bonds. The molecule has 1 aromatic heterocycles. The van der Waals surface area contributed by atoms with Crippen molar-refractivity contribution in [1.29, 1.82) is 0 Å². The number of anilines is 1. The summed E-state index contributed by atoms with van der Waals surface area (Å²) in [6.07, 6.45) is 3.03. The lowest BCUT2D eigenvalue weighted by molar-refractivity contribution is 0.0948. The highest BCUT2D eigenvalue weighted by atomic mass is 19.1.